The first kappa shape index (κ1) is 26.0. The lowest BCUT2D eigenvalue weighted by Gasteiger charge is -2.17. The van der Waals surface area contributed by atoms with Crippen molar-refractivity contribution in [1.82, 2.24) is 16.2 Å². The molecule has 3 rings (SSSR count). The van der Waals surface area contributed by atoms with Crippen LogP contribution >= 0.6 is 12.2 Å². The van der Waals surface area contributed by atoms with Gasteiger partial charge in [-0.15, -0.1) is 0 Å². The predicted molar refractivity (Wildman–Crippen MR) is 141 cm³/mol. The molecule has 0 heterocycles. The Morgan fingerprint density at radius 3 is 2.46 bits per heavy atom. The molecule has 3 N–H and O–H groups in total. The van der Waals surface area contributed by atoms with Crippen molar-refractivity contribution < 1.29 is 19.1 Å². The molecule has 7 nitrogen and oxygen atoms in total. The van der Waals surface area contributed by atoms with Gasteiger partial charge in [0.25, 0.3) is 11.8 Å². The quantitative estimate of drug-likeness (QED) is 0.211. The zero-order valence-electron chi connectivity index (χ0n) is 20.0. The molecule has 0 bridgehead atoms. The zero-order chi connectivity index (χ0) is 25.0. The molecule has 0 aliphatic carbocycles. The molecule has 2 amide bonds. The van der Waals surface area contributed by atoms with Gasteiger partial charge in [-0.25, -0.2) is 0 Å². The lowest BCUT2D eigenvalue weighted by Crippen LogP contribution is -2.51. The molecule has 184 valence electrons. The van der Waals surface area contributed by atoms with Crippen LogP contribution in [0.1, 0.15) is 49.9 Å². The zero-order valence-corrected chi connectivity index (χ0v) is 20.8. The molecule has 0 saturated heterocycles. The van der Waals surface area contributed by atoms with Gasteiger partial charge in [0.15, 0.2) is 11.2 Å². The van der Waals surface area contributed by atoms with Gasteiger partial charge in [0.05, 0.1) is 12.2 Å². The first-order chi connectivity index (χ1) is 17.0. The monoisotopic (exact) mass is 493 g/mol. The van der Waals surface area contributed by atoms with E-state index in [1.165, 1.54) is 0 Å². The van der Waals surface area contributed by atoms with Crippen LogP contribution in [-0.2, 0) is 4.79 Å². The second kappa shape index (κ2) is 13.3. The van der Waals surface area contributed by atoms with E-state index in [2.05, 4.69) is 23.1 Å². The molecule has 0 radical (unpaired) electrons. The predicted octanol–water partition coefficient (Wildman–Crippen LogP) is 4.90. The summed E-state index contributed by atoms with van der Waals surface area (Å²) in [5.41, 5.74) is 5.38. The van der Waals surface area contributed by atoms with Crippen LogP contribution in [0.25, 0.3) is 10.8 Å². The van der Waals surface area contributed by atoms with Gasteiger partial charge in [0.1, 0.15) is 11.5 Å². The Labute approximate surface area is 211 Å². The SMILES string of the molecule is CCCCCCOc1ccccc1C(=O)NC(=S)NNC(=O)C(C)Oc1ccc2ccccc2c1. The Balaban J connectivity index is 1.46. The van der Waals surface area contributed by atoms with Crippen molar-refractivity contribution in [2.45, 2.75) is 45.6 Å². The number of fused-ring (bicyclic) bond motifs is 1. The summed E-state index contributed by atoms with van der Waals surface area (Å²) in [6, 6.07) is 20.5. The molecular weight excluding hydrogens is 462 g/mol. The average molecular weight is 494 g/mol. The number of ether oxygens (including phenoxy) is 2. The van der Waals surface area contributed by atoms with Gasteiger partial charge in [-0.2, -0.15) is 0 Å². The van der Waals surface area contributed by atoms with Crippen molar-refractivity contribution in [2.75, 3.05) is 6.61 Å². The van der Waals surface area contributed by atoms with E-state index in [1.807, 2.05) is 48.5 Å². The van der Waals surface area contributed by atoms with Crippen LogP contribution in [0.15, 0.2) is 66.7 Å². The highest BCUT2D eigenvalue weighted by atomic mass is 32.1. The van der Waals surface area contributed by atoms with E-state index in [9.17, 15) is 9.59 Å². The molecule has 35 heavy (non-hydrogen) atoms. The van der Waals surface area contributed by atoms with E-state index in [0.29, 0.717) is 23.7 Å². The van der Waals surface area contributed by atoms with Gasteiger partial charge < -0.3 is 9.47 Å². The number of benzene rings is 3. The van der Waals surface area contributed by atoms with Gasteiger partial charge in [-0.3, -0.25) is 25.8 Å². The standard InChI is InChI=1S/C27H31N3O4S/c1-3-4-5-10-17-33-24-14-9-8-13-23(24)26(32)28-27(35)30-29-25(31)19(2)34-22-16-15-20-11-6-7-12-21(20)18-22/h6-9,11-16,18-19H,3-5,10,17H2,1-2H3,(H,29,31)(H2,28,30,32,35). The van der Waals surface area contributed by atoms with Crippen LogP contribution in [0.2, 0.25) is 0 Å². The van der Waals surface area contributed by atoms with Crippen LogP contribution < -0.4 is 25.6 Å². The van der Waals surface area contributed by atoms with Crippen molar-refractivity contribution in [3.05, 3.63) is 72.3 Å². The van der Waals surface area contributed by atoms with E-state index >= 15 is 0 Å². The van der Waals surface area contributed by atoms with Crippen LogP contribution in [0.4, 0.5) is 0 Å². The number of carbonyl (C=O) groups excluding carboxylic acids is 2. The minimum atomic E-state index is -0.788. The summed E-state index contributed by atoms with van der Waals surface area (Å²) in [6.07, 6.45) is 3.53. The highest BCUT2D eigenvalue weighted by Gasteiger charge is 2.17. The fourth-order valence-electron chi connectivity index (χ4n) is 3.41. The topological polar surface area (TPSA) is 88.7 Å². The molecule has 8 heteroatoms. The van der Waals surface area contributed by atoms with Gasteiger partial charge >= 0.3 is 0 Å². The van der Waals surface area contributed by atoms with Gasteiger partial charge in [0, 0.05) is 0 Å². The van der Waals surface area contributed by atoms with E-state index in [1.54, 1.807) is 25.1 Å². The van der Waals surface area contributed by atoms with Gasteiger partial charge in [-0.1, -0.05) is 68.7 Å². The third kappa shape index (κ3) is 7.96. The van der Waals surface area contributed by atoms with Gasteiger partial charge in [-0.05, 0) is 60.6 Å². The molecular formula is C27H31N3O4S. The number of carbonyl (C=O) groups is 2. The molecule has 0 aliphatic rings. The Kier molecular flexibility index (Phi) is 9.86. The molecule has 0 fully saturated rings. The average Bonchev–Trinajstić information content (AvgIpc) is 2.87. The van der Waals surface area contributed by atoms with E-state index in [0.717, 1.165) is 36.5 Å². The lowest BCUT2D eigenvalue weighted by atomic mass is 10.1. The molecule has 0 aromatic heterocycles. The molecule has 1 unspecified atom stereocenters. The maximum Gasteiger partial charge on any atom is 0.279 e. The number of unbranched alkanes of at least 4 members (excludes halogenated alkanes) is 3. The number of para-hydroxylation sites is 1. The summed E-state index contributed by atoms with van der Waals surface area (Å²) in [4.78, 5) is 25.1. The first-order valence-corrected chi connectivity index (χ1v) is 12.2. The molecule has 3 aromatic rings. The summed E-state index contributed by atoms with van der Waals surface area (Å²) < 4.78 is 11.5. The van der Waals surface area contributed by atoms with Crippen LogP contribution in [0, 0.1) is 0 Å². The number of rotatable bonds is 10. The maximum atomic E-state index is 12.7. The minimum Gasteiger partial charge on any atom is -0.493 e. The third-order valence-electron chi connectivity index (χ3n) is 5.32. The third-order valence-corrected chi connectivity index (χ3v) is 5.52. The first-order valence-electron chi connectivity index (χ1n) is 11.8. The largest absolute Gasteiger partial charge is 0.493 e. The Morgan fingerprint density at radius 1 is 0.914 bits per heavy atom. The number of nitrogens with one attached hydrogen (secondary N) is 3. The number of amides is 2. The molecule has 0 spiro atoms. The van der Waals surface area contributed by atoms with Crippen molar-refractivity contribution >= 4 is 39.9 Å². The normalized spacial score (nSPS) is 11.4. The highest BCUT2D eigenvalue weighted by Crippen LogP contribution is 2.21. The second-order valence-electron chi connectivity index (χ2n) is 8.07. The smallest absolute Gasteiger partial charge is 0.279 e. The summed E-state index contributed by atoms with van der Waals surface area (Å²) in [7, 11) is 0. The molecule has 3 aromatic carbocycles. The Morgan fingerprint density at radius 2 is 1.66 bits per heavy atom. The number of hydrazine groups is 1. The molecule has 1 atom stereocenters. The number of hydrogen-bond donors (Lipinski definition) is 3. The Hall–Kier alpha value is -3.65. The van der Waals surface area contributed by atoms with Crippen molar-refractivity contribution in [3.63, 3.8) is 0 Å². The summed E-state index contributed by atoms with van der Waals surface area (Å²) in [5.74, 6) is 0.200. The highest BCUT2D eigenvalue weighted by molar-refractivity contribution is 7.80. The summed E-state index contributed by atoms with van der Waals surface area (Å²) in [5, 5.41) is 4.62. The van der Waals surface area contributed by atoms with Crippen molar-refractivity contribution in [2.24, 2.45) is 0 Å². The van der Waals surface area contributed by atoms with Crippen LogP contribution in [0.3, 0.4) is 0 Å². The summed E-state index contributed by atoms with van der Waals surface area (Å²) >= 11 is 5.16. The van der Waals surface area contributed by atoms with Crippen molar-refractivity contribution in [1.29, 1.82) is 0 Å². The van der Waals surface area contributed by atoms with Crippen LogP contribution in [0.5, 0.6) is 11.5 Å². The maximum absolute atomic E-state index is 12.7. The summed E-state index contributed by atoms with van der Waals surface area (Å²) in [6.45, 7) is 4.32. The second-order valence-corrected chi connectivity index (χ2v) is 8.48. The van der Waals surface area contributed by atoms with Crippen molar-refractivity contribution in [3.8, 4) is 11.5 Å². The molecule has 0 saturated carbocycles. The lowest BCUT2D eigenvalue weighted by molar-refractivity contribution is -0.127. The van der Waals surface area contributed by atoms with Gasteiger partial charge in [0.2, 0.25) is 0 Å². The fraction of sp³-hybridized carbons (Fsp3) is 0.296. The minimum absolute atomic E-state index is 0.0426. The van der Waals surface area contributed by atoms with E-state index in [4.69, 9.17) is 21.7 Å². The van der Waals surface area contributed by atoms with Crippen LogP contribution in [-0.4, -0.2) is 29.6 Å². The van der Waals surface area contributed by atoms with E-state index in [-0.39, 0.29) is 5.11 Å². The Bertz CT molecular complexity index is 1170. The number of hydrogen-bond acceptors (Lipinski definition) is 5. The van der Waals surface area contributed by atoms with E-state index < -0.39 is 17.9 Å². The number of thiocarbonyl (C=S) groups is 1. The fourth-order valence-corrected chi connectivity index (χ4v) is 3.55. The molecule has 0 aliphatic heterocycles.